The predicted molar refractivity (Wildman–Crippen MR) is 106 cm³/mol. The Hall–Kier alpha value is -1.96. The summed E-state index contributed by atoms with van der Waals surface area (Å²) >= 11 is 0. The minimum absolute atomic E-state index is 0.326. The van der Waals surface area contributed by atoms with E-state index in [2.05, 4.69) is 48.2 Å². The summed E-state index contributed by atoms with van der Waals surface area (Å²) in [6.45, 7) is 13.6. The van der Waals surface area contributed by atoms with E-state index >= 15 is 0 Å². The largest absolute Gasteiger partial charge is 0.362 e. The van der Waals surface area contributed by atoms with Crippen molar-refractivity contribution in [1.82, 2.24) is 10.2 Å². The number of piperidine rings is 1. The van der Waals surface area contributed by atoms with E-state index in [9.17, 15) is 0 Å². The quantitative estimate of drug-likeness (QED) is 0.799. The van der Waals surface area contributed by atoms with E-state index in [-0.39, 0.29) is 0 Å². The second-order valence-corrected chi connectivity index (χ2v) is 8.08. The van der Waals surface area contributed by atoms with Crippen molar-refractivity contribution in [3.05, 3.63) is 66.0 Å². The number of hydrogen-bond donors (Lipinski definition) is 1. The molecule has 2 heterocycles. The fourth-order valence-electron chi connectivity index (χ4n) is 4.84. The van der Waals surface area contributed by atoms with E-state index in [0.29, 0.717) is 6.04 Å². The molecular formula is C23H30N2. The Morgan fingerprint density at radius 2 is 1.84 bits per heavy atom. The highest BCUT2D eigenvalue weighted by molar-refractivity contribution is 5.70. The van der Waals surface area contributed by atoms with Crippen LogP contribution in [0.4, 0.5) is 0 Å². The SMILES string of the molecule is C=C1CCC(N2Cc3cc(CC4CCCCC4)ccc3C2=C)C(=C)N1. The van der Waals surface area contributed by atoms with Crippen LogP contribution in [0.15, 0.2) is 49.3 Å². The zero-order chi connectivity index (χ0) is 17.4. The van der Waals surface area contributed by atoms with Crippen molar-refractivity contribution >= 4 is 5.70 Å². The van der Waals surface area contributed by atoms with Crippen LogP contribution in [-0.4, -0.2) is 10.9 Å². The third kappa shape index (κ3) is 3.27. The van der Waals surface area contributed by atoms with Crippen molar-refractivity contribution in [3.63, 3.8) is 0 Å². The Morgan fingerprint density at radius 1 is 1.04 bits per heavy atom. The summed E-state index contributed by atoms with van der Waals surface area (Å²) in [4.78, 5) is 2.43. The molecule has 1 aromatic carbocycles. The first-order chi connectivity index (χ1) is 12.1. The molecule has 0 aromatic heterocycles. The molecule has 2 fully saturated rings. The smallest absolute Gasteiger partial charge is 0.0693 e. The van der Waals surface area contributed by atoms with E-state index in [4.69, 9.17) is 0 Å². The first-order valence-corrected chi connectivity index (χ1v) is 9.83. The van der Waals surface area contributed by atoms with E-state index in [1.807, 2.05) is 0 Å². The number of hydrogen-bond acceptors (Lipinski definition) is 2. The molecule has 3 aliphatic rings. The summed E-state index contributed by atoms with van der Waals surface area (Å²) in [5, 5.41) is 3.35. The number of fused-ring (bicyclic) bond motifs is 1. The second-order valence-electron chi connectivity index (χ2n) is 8.08. The fourth-order valence-corrected chi connectivity index (χ4v) is 4.84. The van der Waals surface area contributed by atoms with Gasteiger partial charge < -0.3 is 10.2 Å². The van der Waals surface area contributed by atoms with Crippen LogP contribution < -0.4 is 5.32 Å². The molecule has 0 amide bonds. The molecule has 1 aliphatic carbocycles. The third-order valence-corrected chi connectivity index (χ3v) is 6.25. The van der Waals surface area contributed by atoms with Gasteiger partial charge in [-0.1, -0.05) is 70.0 Å². The van der Waals surface area contributed by atoms with Gasteiger partial charge in [0.15, 0.2) is 0 Å². The maximum absolute atomic E-state index is 4.39. The summed E-state index contributed by atoms with van der Waals surface area (Å²) in [5.41, 5.74) is 7.57. The number of nitrogens with one attached hydrogen (secondary N) is 1. The number of benzene rings is 1. The fraction of sp³-hybridized carbons (Fsp3) is 0.478. The van der Waals surface area contributed by atoms with Gasteiger partial charge in [-0.3, -0.25) is 0 Å². The highest BCUT2D eigenvalue weighted by Gasteiger charge is 2.32. The Labute approximate surface area is 152 Å². The topological polar surface area (TPSA) is 15.3 Å². The summed E-state index contributed by atoms with van der Waals surface area (Å²) in [6.07, 6.45) is 10.4. The van der Waals surface area contributed by atoms with Crippen molar-refractivity contribution in [1.29, 1.82) is 0 Å². The summed E-state index contributed by atoms with van der Waals surface area (Å²) in [5.74, 6) is 0.890. The van der Waals surface area contributed by atoms with Crippen LogP contribution in [0.1, 0.15) is 61.6 Å². The molecule has 2 aliphatic heterocycles. The zero-order valence-electron chi connectivity index (χ0n) is 15.3. The summed E-state index contributed by atoms with van der Waals surface area (Å²) < 4.78 is 0. The van der Waals surface area contributed by atoms with Gasteiger partial charge in [-0.15, -0.1) is 0 Å². The van der Waals surface area contributed by atoms with E-state index in [1.165, 1.54) is 55.2 Å². The minimum atomic E-state index is 0.326. The van der Waals surface area contributed by atoms with Crippen molar-refractivity contribution in [3.8, 4) is 0 Å². The highest BCUT2D eigenvalue weighted by atomic mass is 15.2. The van der Waals surface area contributed by atoms with Gasteiger partial charge in [0.05, 0.1) is 6.04 Å². The maximum Gasteiger partial charge on any atom is 0.0693 e. The standard InChI is InChI=1S/C23H30N2/c1-16-9-12-23(17(2)24-16)25-15-21-14-20(10-11-22(21)18(25)3)13-19-7-5-4-6-8-19/h10-11,14,19,23-24H,1-9,12-13,15H2. The van der Waals surface area contributed by atoms with Crippen molar-refractivity contribution in [2.45, 2.75) is 64.0 Å². The molecular weight excluding hydrogens is 304 g/mol. The lowest BCUT2D eigenvalue weighted by atomic mass is 9.84. The molecule has 2 nitrogen and oxygen atoms in total. The Morgan fingerprint density at radius 3 is 2.60 bits per heavy atom. The van der Waals surface area contributed by atoms with Crippen LogP contribution in [0.2, 0.25) is 0 Å². The van der Waals surface area contributed by atoms with E-state index < -0.39 is 0 Å². The van der Waals surface area contributed by atoms with Crippen LogP contribution in [0, 0.1) is 5.92 Å². The number of allylic oxidation sites excluding steroid dienone is 1. The van der Waals surface area contributed by atoms with Gasteiger partial charge >= 0.3 is 0 Å². The molecule has 1 saturated heterocycles. The normalized spacial score (nSPS) is 24.4. The Kier molecular flexibility index (Phi) is 4.45. The molecule has 1 saturated carbocycles. The van der Waals surface area contributed by atoms with Gasteiger partial charge in [0.1, 0.15) is 0 Å². The van der Waals surface area contributed by atoms with Gasteiger partial charge in [0.2, 0.25) is 0 Å². The van der Waals surface area contributed by atoms with Gasteiger partial charge in [-0.05, 0) is 36.3 Å². The summed E-state index contributed by atoms with van der Waals surface area (Å²) in [7, 11) is 0. The highest BCUT2D eigenvalue weighted by Crippen LogP contribution is 2.38. The second kappa shape index (κ2) is 6.74. The Balaban J connectivity index is 1.49. The van der Waals surface area contributed by atoms with Crippen LogP contribution in [-0.2, 0) is 13.0 Å². The molecule has 1 aromatic rings. The molecule has 1 unspecified atom stereocenters. The van der Waals surface area contributed by atoms with Crippen LogP contribution in [0.3, 0.4) is 0 Å². The first kappa shape index (κ1) is 16.5. The lowest BCUT2D eigenvalue weighted by molar-refractivity contribution is 0.297. The van der Waals surface area contributed by atoms with Crippen LogP contribution in [0.25, 0.3) is 5.70 Å². The third-order valence-electron chi connectivity index (χ3n) is 6.25. The molecule has 1 N–H and O–H groups in total. The zero-order valence-corrected chi connectivity index (χ0v) is 15.3. The van der Waals surface area contributed by atoms with Gasteiger partial charge in [-0.25, -0.2) is 0 Å². The van der Waals surface area contributed by atoms with Crippen molar-refractivity contribution < 1.29 is 0 Å². The molecule has 4 rings (SSSR count). The van der Waals surface area contributed by atoms with Crippen molar-refractivity contribution in [2.75, 3.05) is 0 Å². The number of nitrogens with zero attached hydrogens (tertiary/aromatic N) is 1. The number of rotatable bonds is 3. The monoisotopic (exact) mass is 334 g/mol. The molecule has 1 atom stereocenters. The van der Waals surface area contributed by atoms with Crippen LogP contribution >= 0.6 is 0 Å². The van der Waals surface area contributed by atoms with Gasteiger partial charge in [0.25, 0.3) is 0 Å². The molecule has 132 valence electrons. The minimum Gasteiger partial charge on any atom is -0.362 e. The Bertz CT molecular complexity index is 709. The molecule has 2 heteroatoms. The molecule has 0 spiro atoms. The molecule has 0 bridgehead atoms. The molecule has 0 radical (unpaired) electrons. The van der Waals surface area contributed by atoms with Gasteiger partial charge in [-0.2, -0.15) is 0 Å². The van der Waals surface area contributed by atoms with Crippen molar-refractivity contribution in [2.24, 2.45) is 5.92 Å². The first-order valence-electron chi connectivity index (χ1n) is 9.83. The average Bonchev–Trinajstić information content (AvgIpc) is 2.92. The average molecular weight is 335 g/mol. The van der Waals surface area contributed by atoms with Gasteiger partial charge in [0, 0.05) is 29.2 Å². The van der Waals surface area contributed by atoms with Crippen LogP contribution in [0.5, 0.6) is 0 Å². The van der Waals surface area contributed by atoms with E-state index in [0.717, 1.165) is 42.4 Å². The molecule has 25 heavy (non-hydrogen) atoms. The van der Waals surface area contributed by atoms with E-state index in [1.54, 1.807) is 0 Å². The maximum atomic E-state index is 4.39. The summed E-state index contributed by atoms with van der Waals surface area (Å²) in [6, 6.07) is 7.39. The lowest BCUT2D eigenvalue weighted by Gasteiger charge is -2.36. The lowest BCUT2D eigenvalue weighted by Crippen LogP contribution is -2.39. The predicted octanol–water partition coefficient (Wildman–Crippen LogP) is 5.38.